The van der Waals surface area contributed by atoms with Crippen LogP contribution in [0.25, 0.3) is 10.9 Å². The molecule has 1 heterocycles. The largest absolute Gasteiger partial charge is 0.322 e. The van der Waals surface area contributed by atoms with Crippen LogP contribution in [-0.4, -0.2) is 9.91 Å². The Bertz CT molecular complexity index is 601. The Morgan fingerprint density at radius 2 is 2.07 bits per heavy atom. The van der Waals surface area contributed by atoms with Gasteiger partial charge in [-0.15, -0.1) is 0 Å². The highest BCUT2D eigenvalue weighted by atomic mass is 16.6. The number of aromatic nitrogens is 1. The maximum atomic E-state index is 11.1. The summed E-state index contributed by atoms with van der Waals surface area (Å²) in [4.78, 5) is 23.9. The number of nitro groups is 1. The van der Waals surface area contributed by atoms with Crippen LogP contribution in [0.15, 0.2) is 29.1 Å². The number of aryl methyl sites for hydroxylation is 1. The minimum absolute atomic E-state index is 0.0343. The molecule has 2 aromatic rings. The monoisotopic (exact) mass is 204 g/mol. The van der Waals surface area contributed by atoms with Crippen molar-refractivity contribution in [2.45, 2.75) is 6.92 Å². The number of pyridine rings is 1. The average molecular weight is 204 g/mol. The first-order chi connectivity index (χ1) is 7.08. The lowest BCUT2D eigenvalue weighted by atomic mass is 10.1. The first-order valence-electron chi connectivity index (χ1n) is 4.36. The zero-order valence-electron chi connectivity index (χ0n) is 7.98. The van der Waals surface area contributed by atoms with Crippen molar-refractivity contribution in [3.8, 4) is 0 Å². The molecule has 0 aliphatic carbocycles. The fraction of sp³-hybridized carbons (Fsp3) is 0.100. The van der Waals surface area contributed by atoms with E-state index in [9.17, 15) is 14.9 Å². The Morgan fingerprint density at radius 3 is 2.73 bits per heavy atom. The Kier molecular flexibility index (Phi) is 2.00. The maximum absolute atomic E-state index is 11.1. The van der Waals surface area contributed by atoms with Crippen LogP contribution in [0.4, 0.5) is 5.69 Å². The number of hydrogen-bond acceptors (Lipinski definition) is 3. The van der Waals surface area contributed by atoms with E-state index in [-0.39, 0.29) is 11.2 Å². The minimum Gasteiger partial charge on any atom is -0.322 e. The molecule has 0 amide bonds. The van der Waals surface area contributed by atoms with E-state index < -0.39 is 4.92 Å². The van der Waals surface area contributed by atoms with Crippen LogP contribution in [0.3, 0.4) is 0 Å². The topological polar surface area (TPSA) is 76.0 Å². The molecular weight excluding hydrogens is 196 g/mol. The lowest BCUT2D eigenvalue weighted by Gasteiger charge is -2.01. The first-order valence-corrected chi connectivity index (χ1v) is 4.36. The summed E-state index contributed by atoms with van der Waals surface area (Å²) in [5.74, 6) is 0. The van der Waals surface area contributed by atoms with Crippen molar-refractivity contribution < 1.29 is 4.92 Å². The van der Waals surface area contributed by atoms with Gasteiger partial charge in [-0.05, 0) is 18.6 Å². The van der Waals surface area contributed by atoms with Gasteiger partial charge in [0.2, 0.25) is 5.56 Å². The molecular formula is C10H8N2O3. The van der Waals surface area contributed by atoms with Gasteiger partial charge in [0.1, 0.15) is 0 Å². The molecule has 2 rings (SSSR count). The summed E-state index contributed by atoms with van der Waals surface area (Å²) in [7, 11) is 0. The molecule has 0 bridgehead atoms. The molecule has 0 aliphatic heterocycles. The number of nitrogens with zero attached hydrogens (tertiary/aromatic N) is 1. The summed E-state index contributed by atoms with van der Waals surface area (Å²) in [6, 6.07) is 5.82. The van der Waals surface area contributed by atoms with Gasteiger partial charge >= 0.3 is 0 Å². The van der Waals surface area contributed by atoms with E-state index in [1.165, 1.54) is 18.2 Å². The van der Waals surface area contributed by atoms with E-state index in [1.54, 1.807) is 13.0 Å². The molecule has 5 nitrogen and oxygen atoms in total. The number of non-ortho nitro benzene ring substituents is 1. The van der Waals surface area contributed by atoms with Crippen LogP contribution in [-0.2, 0) is 0 Å². The van der Waals surface area contributed by atoms with Gasteiger partial charge in [0.25, 0.3) is 5.69 Å². The van der Waals surface area contributed by atoms with Crippen molar-refractivity contribution >= 4 is 16.6 Å². The number of benzene rings is 1. The molecule has 5 heteroatoms. The minimum atomic E-state index is -0.447. The highest BCUT2D eigenvalue weighted by Gasteiger charge is 2.09. The summed E-state index contributed by atoms with van der Waals surface area (Å²) in [6.07, 6.45) is 0. The average Bonchev–Trinajstić information content (AvgIpc) is 2.18. The summed E-state index contributed by atoms with van der Waals surface area (Å²) < 4.78 is 0. The molecule has 1 N–H and O–H groups in total. The lowest BCUT2D eigenvalue weighted by molar-refractivity contribution is -0.384. The maximum Gasteiger partial charge on any atom is 0.270 e. The Balaban J connectivity index is 2.84. The predicted molar refractivity (Wildman–Crippen MR) is 56.0 cm³/mol. The van der Waals surface area contributed by atoms with Crippen LogP contribution in [0.2, 0.25) is 0 Å². The molecule has 0 unspecified atom stereocenters. The van der Waals surface area contributed by atoms with Crippen molar-refractivity contribution in [3.05, 3.63) is 50.3 Å². The fourth-order valence-corrected chi connectivity index (χ4v) is 1.53. The molecule has 0 fully saturated rings. The Hall–Kier alpha value is -2.17. The third-order valence-electron chi connectivity index (χ3n) is 2.22. The molecule has 0 aliphatic rings. The second-order valence-corrected chi connectivity index (χ2v) is 3.31. The summed E-state index contributed by atoms with van der Waals surface area (Å²) in [5, 5.41) is 11.3. The lowest BCUT2D eigenvalue weighted by Crippen LogP contribution is -2.03. The Labute approximate surface area is 84.5 Å². The van der Waals surface area contributed by atoms with Gasteiger partial charge in [-0.3, -0.25) is 14.9 Å². The number of nitrogens with one attached hydrogen (secondary N) is 1. The van der Waals surface area contributed by atoms with Gasteiger partial charge in [-0.2, -0.15) is 0 Å². The van der Waals surface area contributed by atoms with E-state index in [4.69, 9.17) is 0 Å². The summed E-state index contributed by atoms with van der Waals surface area (Å²) in [6.45, 7) is 1.73. The smallest absolute Gasteiger partial charge is 0.270 e. The quantitative estimate of drug-likeness (QED) is 0.567. The number of H-pyrrole nitrogens is 1. The van der Waals surface area contributed by atoms with Crippen LogP contribution in [0, 0.1) is 17.0 Å². The molecule has 76 valence electrons. The Morgan fingerprint density at radius 1 is 1.33 bits per heavy atom. The molecule has 0 atom stereocenters. The van der Waals surface area contributed by atoms with Crippen LogP contribution >= 0.6 is 0 Å². The standard InChI is InChI=1S/C10H8N2O3/c1-6-4-8(12(14)15)5-7-2-3-9(13)11-10(6)7/h2-5H,1H3,(H,11,13). The fourth-order valence-electron chi connectivity index (χ4n) is 1.53. The zero-order chi connectivity index (χ0) is 11.0. The van der Waals surface area contributed by atoms with Crippen molar-refractivity contribution in [1.29, 1.82) is 0 Å². The van der Waals surface area contributed by atoms with Crippen molar-refractivity contribution in [2.24, 2.45) is 0 Å². The number of nitro benzene ring substituents is 1. The number of fused-ring (bicyclic) bond motifs is 1. The van der Waals surface area contributed by atoms with Crippen LogP contribution < -0.4 is 5.56 Å². The first kappa shape index (κ1) is 9.39. The molecule has 1 aromatic carbocycles. The van der Waals surface area contributed by atoms with Crippen LogP contribution in [0.5, 0.6) is 0 Å². The third kappa shape index (κ3) is 1.59. The summed E-state index contributed by atoms with van der Waals surface area (Å²) >= 11 is 0. The van der Waals surface area contributed by atoms with Gasteiger partial charge in [0.15, 0.2) is 0 Å². The predicted octanol–water partition coefficient (Wildman–Crippen LogP) is 1.74. The summed E-state index contributed by atoms with van der Waals surface area (Å²) in [5.41, 5.74) is 1.16. The van der Waals surface area contributed by atoms with Gasteiger partial charge in [0, 0.05) is 23.6 Å². The molecule has 0 saturated heterocycles. The molecule has 15 heavy (non-hydrogen) atoms. The van der Waals surface area contributed by atoms with E-state index in [0.29, 0.717) is 16.5 Å². The van der Waals surface area contributed by atoms with E-state index in [1.807, 2.05) is 0 Å². The van der Waals surface area contributed by atoms with Crippen molar-refractivity contribution in [1.82, 2.24) is 4.98 Å². The zero-order valence-corrected chi connectivity index (χ0v) is 7.98. The molecule has 0 radical (unpaired) electrons. The van der Waals surface area contributed by atoms with Crippen molar-refractivity contribution in [3.63, 3.8) is 0 Å². The third-order valence-corrected chi connectivity index (χ3v) is 2.22. The number of hydrogen-bond donors (Lipinski definition) is 1. The SMILES string of the molecule is Cc1cc([N+](=O)[O-])cc2ccc(=O)[nH]c12. The second kappa shape index (κ2) is 3.20. The molecule has 0 spiro atoms. The van der Waals surface area contributed by atoms with Crippen LogP contribution in [0.1, 0.15) is 5.56 Å². The second-order valence-electron chi connectivity index (χ2n) is 3.31. The van der Waals surface area contributed by atoms with Gasteiger partial charge < -0.3 is 4.98 Å². The van der Waals surface area contributed by atoms with E-state index >= 15 is 0 Å². The highest BCUT2D eigenvalue weighted by molar-refractivity contribution is 5.83. The van der Waals surface area contributed by atoms with Gasteiger partial charge in [-0.25, -0.2) is 0 Å². The van der Waals surface area contributed by atoms with Gasteiger partial charge in [0.05, 0.1) is 10.4 Å². The molecule has 0 saturated carbocycles. The molecule has 1 aromatic heterocycles. The number of aromatic amines is 1. The normalized spacial score (nSPS) is 10.5. The highest BCUT2D eigenvalue weighted by Crippen LogP contribution is 2.21. The van der Waals surface area contributed by atoms with E-state index in [2.05, 4.69) is 4.98 Å². The van der Waals surface area contributed by atoms with Crippen molar-refractivity contribution in [2.75, 3.05) is 0 Å². The van der Waals surface area contributed by atoms with Gasteiger partial charge in [-0.1, -0.05) is 0 Å². The van der Waals surface area contributed by atoms with E-state index in [0.717, 1.165) is 0 Å². The number of rotatable bonds is 1.